The molecule has 0 bridgehead atoms. The van der Waals surface area contributed by atoms with Gasteiger partial charge in [0.1, 0.15) is 0 Å². The molecule has 0 nitrogen and oxygen atoms in total. The summed E-state index contributed by atoms with van der Waals surface area (Å²) in [5, 5.41) is 0. The normalized spacial score (nSPS) is 13.1. The fraction of sp³-hybridized carbons (Fsp3) is 0.538. The number of hydrogen-bond acceptors (Lipinski definition) is 0. The molecule has 0 aliphatic heterocycles. The van der Waals surface area contributed by atoms with E-state index < -0.39 is 0 Å². The number of halogens is 1. The van der Waals surface area contributed by atoms with E-state index in [1.165, 1.54) is 33.4 Å². The van der Waals surface area contributed by atoms with Gasteiger partial charge in [0.05, 0.1) is 0 Å². The Balaban J connectivity index is 3.60. The van der Waals surface area contributed by atoms with E-state index in [4.69, 9.17) is 0 Å². The molecule has 14 heavy (non-hydrogen) atoms. The lowest BCUT2D eigenvalue weighted by Gasteiger charge is -2.20. The number of rotatable bonds is 1. The second-order valence-electron chi connectivity index (χ2n) is 4.15. The van der Waals surface area contributed by atoms with Crippen LogP contribution in [0.2, 0.25) is 0 Å². The highest BCUT2D eigenvalue weighted by Crippen LogP contribution is 2.33. The second kappa shape index (κ2) is 4.06. The van der Waals surface area contributed by atoms with Crippen molar-refractivity contribution < 1.29 is 0 Å². The molecular formula is C13H19Br. The summed E-state index contributed by atoms with van der Waals surface area (Å²) in [6.45, 7) is 13.3. The fourth-order valence-electron chi connectivity index (χ4n) is 2.13. The first-order chi connectivity index (χ1) is 6.37. The molecule has 0 radical (unpaired) electrons. The molecule has 1 atom stereocenters. The maximum Gasteiger partial charge on any atom is 0.0372 e. The summed E-state index contributed by atoms with van der Waals surface area (Å²) in [4.78, 5) is 0.445. The van der Waals surface area contributed by atoms with E-state index in [2.05, 4.69) is 57.5 Å². The predicted molar refractivity (Wildman–Crippen MR) is 67.5 cm³/mol. The third kappa shape index (κ3) is 1.75. The van der Waals surface area contributed by atoms with E-state index in [1.54, 1.807) is 0 Å². The van der Waals surface area contributed by atoms with Gasteiger partial charge in [-0.05, 0) is 74.9 Å². The quantitative estimate of drug-likeness (QED) is 0.639. The molecule has 78 valence electrons. The lowest BCUT2D eigenvalue weighted by Crippen LogP contribution is -2.02. The van der Waals surface area contributed by atoms with Gasteiger partial charge >= 0.3 is 0 Å². The zero-order valence-corrected chi connectivity index (χ0v) is 11.5. The molecule has 1 aromatic carbocycles. The Hall–Kier alpha value is -0.300. The van der Waals surface area contributed by atoms with Gasteiger partial charge in [-0.2, -0.15) is 0 Å². The molecule has 1 heteroatoms. The molecule has 0 saturated carbocycles. The minimum atomic E-state index is 0.445. The van der Waals surface area contributed by atoms with Gasteiger partial charge < -0.3 is 0 Å². The van der Waals surface area contributed by atoms with Crippen molar-refractivity contribution in [1.29, 1.82) is 0 Å². The lowest BCUT2D eigenvalue weighted by molar-refractivity contribution is 1.03. The maximum atomic E-state index is 3.68. The number of alkyl halides is 1. The van der Waals surface area contributed by atoms with Gasteiger partial charge in [0.15, 0.2) is 0 Å². The van der Waals surface area contributed by atoms with E-state index in [1.807, 2.05) is 0 Å². The third-order valence-electron chi connectivity index (χ3n) is 3.46. The molecule has 0 amide bonds. The Morgan fingerprint density at radius 2 is 1.00 bits per heavy atom. The Labute approximate surface area is 95.9 Å². The summed E-state index contributed by atoms with van der Waals surface area (Å²) < 4.78 is 0. The van der Waals surface area contributed by atoms with Crippen LogP contribution in [-0.2, 0) is 0 Å². The highest BCUT2D eigenvalue weighted by molar-refractivity contribution is 9.09. The fourth-order valence-corrected chi connectivity index (χ4v) is 2.81. The van der Waals surface area contributed by atoms with Crippen LogP contribution in [0, 0.1) is 34.6 Å². The maximum absolute atomic E-state index is 3.68. The van der Waals surface area contributed by atoms with Crippen LogP contribution >= 0.6 is 15.9 Å². The van der Waals surface area contributed by atoms with Crippen LogP contribution in [-0.4, -0.2) is 0 Å². The van der Waals surface area contributed by atoms with Gasteiger partial charge in [-0.1, -0.05) is 15.9 Å². The first-order valence-electron chi connectivity index (χ1n) is 5.08. The predicted octanol–water partition coefficient (Wildman–Crippen LogP) is 4.68. The van der Waals surface area contributed by atoms with E-state index in [0.29, 0.717) is 4.83 Å². The average molecular weight is 255 g/mol. The first kappa shape index (κ1) is 11.8. The molecule has 0 heterocycles. The molecular weight excluding hydrogens is 236 g/mol. The molecule has 0 N–H and O–H groups in total. The van der Waals surface area contributed by atoms with Crippen LogP contribution in [0.5, 0.6) is 0 Å². The van der Waals surface area contributed by atoms with Crippen molar-refractivity contribution in [1.82, 2.24) is 0 Å². The van der Waals surface area contributed by atoms with Crippen molar-refractivity contribution in [2.24, 2.45) is 0 Å². The molecule has 0 spiro atoms. The molecule has 1 aromatic rings. The Morgan fingerprint density at radius 3 is 1.29 bits per heavy atom. The van der Waals surface area contributed by atoms with E-state index in [0.717, 1.165) is 0 Å². The minimum Gasteiger partial charge on any atom is -0.0842 e. The van der Waals surface area contributed by atoms with E-state index in [-0.39, 0.29) is 0 Å². The van der Waals surface area contributed by atoms with Crippen molar-refractivity contribution in [3.8, 4) is 0 Å². The molecule has 1 rings (SSSR count). The van der Waals surface area contributed by atoms with Gasteiger partial charge in [0, 0.05) is 4.83 Å². The average Bonchev–Trinajstić information content (AvgIpc) is 2.11. The molecule has 0 aliphatic carbocycles. The molecule has 0 fully saturated rings. The van der Waals surface area contributed by atoms with Crippen LogP contribution < -0.4 is 0 Å². The Kier molecular flexibility index (Phi) is 3.41. The minimum absolute atomic E-state index is 0.445. The van der Waals surface area contributed by atoms with E-state index in [9.17, 15) is 0 Å². The Bertz CT molecular complexity index is 333. The van der Waals surface area contributed by atoms with Crippen LogP contribution in [0.1, 0.15) is 45.1 Å². The smallest absolute Gasteiger partial charge is 0.0372 e. The highest BCUT2D eigenvalue weighted by atomic mass is 79.9. The van der Waals surface area contributed by atoms with Crippen molar-refractivity contribution in [2.45, 2.75) is 46.4 Å². The standard InChI is InChI=1S/C13H19Br/c1-7-8(2)10(4)13(12(6)14)11(5)9(7)3/h12H,1-6H3. The largest absolute Gasteiger partial charge is 0.0842 e. The van der Waals surface area contributed by atoms with Crippen LogP contribution in [0.4, 0.5) is 0 Å². The highest BCUT2D eigenvalue weighted by Gasteiger charge is 2.14. The zero-order valence-electron chi connectivity index (χ0n) is 9.96. The summed E-state index contributed by atoms with van der Waals surface area (Å²) in [7, 11) is 0. The molecule has 0 saturated heterocycles. The topological polar surface area (TPSA) is 0 Å². The number of benzene rings is 1. The van der Waals surface area contributed by atoms with Crippen LogP contribution in [0.3, 0.4) is 0 Å². The van der Waals surface area contributed by atoms with Crippen LogP contribution in [0.15, 0.2) is 0 Å². The SMILES string of the molecule is Cc1c(C)c(C)c(C(C)Br)c(C)c1C. The summed E-state index contributed by atoms with van der Waals surface area (Å²) in [6, 6.07) is 0. The second-order valence-corrected chi connectivity index (χ2v) is 5.53. The van der Waals surface area contributed by atoms with Crippen molar-refractivity contribution in [3.63, 3.8) is 0 Å². The monoisotopic (exact) mass is 254 g/mol. The summed E-state index contributed by atoms with van der Waals surface area (Å²) in [6.07, 6.45) is 0. The number of hydrogen-bond donors (Lipinski definition) is 0. The van der Waals surface area contributed by atoms with Gasteiger partial charge in [-0.3, -0.25) is 0 Å². The van der Waals surface area contributed by atoms with Gasteiger partial charge in [-0.15, -0.1) is 0 Å². The van der Waals surface area contributed by atoms with Gasteiger partial charge in [0.25, 0.3) is 0 Å². The Morgan fingerprint density at radius 1 is 0.714 bits per heavy atom. The van der Waals surface area contributed by atoms with Crippen LogP contribution in [0.25, 0.3) is 0 Å². The third-order valence-corrected chi connectivity index (χ3v) is 3.91. The van der Waals surface area contributed by atoms with Crippen molar-refractivity contribution in [2.75, 3.05) is 0 Å². The van der Waals surface area contributed by atoms with E-state index >= 15 is 0 Å². The van der Waals surface area contributed by atoms with Crippen molar-refractivity contribution in [3.05, 3.63) is 33.4 Å². The summed E-state index contributed by atoms with van der Waals surface area (Å²) >= 11 is 3.68. The van der Waals surface area contributed by atoms with Gasteiger partial charge in [0.2, 0.25) is 0 Å². The molecule has 1 unspecified atom stereocenters. The summed E-state index contributed by atoms with van der Waals surface area (Å²) in [5.74, 6) is 0. The lowest BCUT2D eigenvalue weighted by atomic mass is 9.88. The first-order valence-corrected chi connectivity index (χ1v) is 6.00. The molecule has 0 aromatic heterocycles. The van der Waals surface area contributed by atoms with Gasteiger partial charge in [-0.25, -0.2) is 0 Å². The summed E-state index contributed by atoms with van der Waals surface area (Å²) in [5.41, 5.74) is 8.66. The van der Waals surface area contributed by atoms with Crippen molar-refractivity contribution >= 4 is 15.9 Å². The zero-order chi connectivity index (χ0) is 11.0. The molecule has 0 aliphatic rings.